The lowest BCUT2D eigenvalue weighted by Gasteiger charge is -2.10. The number of hydrogen-bond acceptors (Lipinski definition) is 2. The maximum atomic E-state index is 6.18. The second kappa shape index (κ2) is 4.50. The fourth-order valence-electron chi connectivity index (χ4n) is 2.82. The van der Waals surface area contributed by atoms with Crippen molar-refractivity contribution >= 4 is 28.3 Å². The van der Waals surface area contributed by atoms with Crippen molar-refractivity contribution in [3.8, 4) is 11.4 Å². The minimum Gasteiger partial charge on any atom is -0.398 e. The van der Waals surface area contributed by atoms with E-state index in [9.17, 15) is 0 Å². The van der Waals surface area contributed by atoms with Gasteiger partial charge in [-0.3, -0.25) is 0 Å². The highest BCUT2D eigenvalue weighted by molar-refractivity contribution is 6.31. The van der Waals surface area contributed by atoms with Gasteiger partial charge in [0, 0.05) is 22.3 Å². The molecule has 1 aromatic heterocycles. The summed E-state index contributed by atoms with van der Waals surface area (Å²) in [5, 5.41) is 0.744. The molecule has 0 aliphatic heterocycles. The van der Waals surface area contributed by atoms with E-state index in [0.29, 0.717) is 6.04 Å². The van der Waals surface area contributed by atoms with Crippen LogP contribution < -0.4 is 5.73 Å². The number of hydrogen-bond donors (Lipinski definition) is 1. The Morgan fingerprint density at radius 1 is 1.19 bits per heavy atom. The smallest absolute Gasteiger partial charge is 0.143 e. The Kier molecular flexibility index (Phi) is 2.73. The van der Waals surface area contributed by atoms with E-state index in [-0.39, 0.29) is 0 Å². The molecular formula is C17H16ClN3. The van der Waals surface area contributed by atoms with E-state index in [4.69, 9.17) is 22.3 Å². The summed E-state index contributed by atoms with van der Waals surface area (Å²) in [7, 11) is 0. The van der Waals surface area contributed by atoms with Crippen molar-refractivity contribution in [2.75, 3.05) is 5.73 Å². The number of benzene rings is 2. The largest absolute Gasteiger partial charge is 0.398 e. The van der Waals surface area contributed by atoms with Crippen LogP contribution in [0.2, 0.25) is 5.02 Å². The van der Waals surface area contributed by atoms with Crippen LogP contribution in [0.1, 0.15) is 24.4 Å². The number of nitrogens with two attached hydrogens (primary N) is 1. The van der Waals surface area contributed by atoms with Gasteiger partial charge in [0.2, 0.25) is 0 Å². The van der Waals surface area contributed by atoms with Gasteiger partial charge in [0.1, 0.15) is 5.82 Å². The van der Waals surface area contributed by atoms with Crippen LogP contribution in [0.4, 0.5) is 5.69 Å². The molecule has 0 bridgehead atoms. The zero-order valence-corrected chi connectivity index (χ0v) is 12.6. The van der Waals surface area contributed by atoms with Crippen LogP contribution in [0, 0.1) is 6.92 Å². The summed E-state index contributed by atoms with van der Waals surface area (Å²) in [6, 6.07) is 12.5. The molecule has 3 nitrogen and oxygen atoms in total. The van der Waals surface area contributed by atoms with Gasteiger partial charge in [0.05, 0.1) is 11.0 Å². The Balaban J connectivity index is 2.04. The van der Waals surface area contributed by atoms with E-state index >= 15 is 0 Å². The van der Waals surface area contributed by atoms with Crippen LogP contribution >= 0.6 is 11.6 Å². The van der Waals surface area contributed by atoms with Crippen molar-refractivity contribution in [2.24, 2.45) is 0 Å². The Morgan fingerprint density at radius 2 is 2.00 bits per heavy atom. The quantitative estimate of drug-likeness (QED) is 0.703. The van der Waals surface area contributed by atoms with Crippen LogP contribution in [0.3, 0.4) is 0 Å². The van der Waals surface area contributed by atoms with E-state index in [0.717, 1.165) is 33.1 Å². The molecule has 0 unspecified atom stereocenters. The number of rotatable bonds is 2. The summed E-state index contributed by atoms with van der Waals surface area (Å²) in [6.45, 7) is 2.07. The van der Waals surface area contributed by atoms with Gasteiger partial charge in [0.15, 0.2) is 0 Å². The lowest BCUT2D eigenvalue weighted by atomic mass is 10.1. The zero-order valence-electron chi connectivity index (χ0n) is 11.8. The van der Waals surface area contributed by atoms with Gasteiger partial charge >= 0.3 is 0 Å². The minimum absolute atomic E-state index is 0.517. The Labute approximate surface area is 128 Å². The molecule has 1 heterocycles. The second-order valence-corrected chi connectivity index (χ2v) is 6.20. The van der Waals surface area contributed by atoms with Crippen LogP contribution in [-0.2, 0) is 0 Å². The monoisotopic (exact) mass is 297 g/mol. The molecule has 0 amide bonds. The van der Waals surface area contributed by atoms with Crippen molar-refractivity contribution in [1.82, 2.24) is 9.55 Å². The molecule has 1 saturated carbocycles. The van der Waals surface area contributed by atoms with Gasteiger partial charge in [-0.2, -0.15) is 0 Å². The number of imidazole rings is 1. The molecule has 1 aliphatic rings. The highest BCUT2D eigenvalue weighted by Gasteiger charge is 2.29. The number of nitrogen functional groups attached to an aromatic ring is 1. The Bertz CT molecular complexity index is 847. The van der Waals surface area contributed by atoms with Crippen LogP contribution in [0.5, 0.6) is 0 Å². The van der Waals surface area contributed by atoms with Gasteiger partial charge in [-0.1, -0.05) is 23.2 Å². The molecule has 2 N–H and O–H groups in total. The van der Waals surface area contributed by atoms with E-state index in [1.165, 1.54) is 18.4 Å². The van der Waals surface area contributed by atoms with E-state index < -0.39 is 0 Å². The molecule has 3 aromatic rings. The first-order chi connectivity index (χ1) is 10.1. The topological polar surface area (TPSA) is 43.8 Å². The van der Waals surface area contributed by atoms with Crippen LogP contribution in [-0.4, -0.2) is 9.55 Å². The van der Waals surface area contributed by atoms with E-state index in [1.54, 1.807) is 0 Å². The maximum absolute atomic E-state index is 6.18. The first kappa shape index (κ1) is 12.7. The molecular weight excluding hydrogens is 282 g/mol. The summed E-state index contributed by atoms with van der Waals surface area (Å²) in [6.07, 6.45) is 2.38. The van der Waals surface area contributed by atoms with Crippen molar-refractivity contribution in [3.05, 3.63) is 47.0 Å². The summed E-state index contributed by atoms with van der Waals surface area (Å²) in [5.41, 5.74) is 11.2. The van der Waals surface area contributed by atoms with Crippen molar-refractivity contribution in [3.63, 3.8) is 0 Å². The molecule has 2 aromatic carbocycles. The SMILES string of the molecule is Cc1ccc(N)c(-c2nc3ccc(Cl)cc3n2C2CC2)c1. The van der Waals surface area contributed by atoms with Crippen LogP contribution in [0.15, 0.2) is 36.4 Å². The average molecular weight is 298 g/mol. The van der Waals surface area contributed by atoms with Gasteiger partial charge in [-0.25, -0.2) is 4.98 Å². The summed E-state index contributed by atoms with van der Waals surface area (Å²) >= 11 is 6.16. The number of aryl methyl sites for hydroxylation is 1. The molecule has 21 heavy (non-hydrogen) atoms. The molecule has 1 fully saturated rings. The average Bonchev–Trinajstić information content (AvgIpc) is 3.22. The predicted molar refractivity (Wildman–Crippen MR) is 87.6 cm³/mol. The number of nitrogens with zero attached hydrogens (tertiary/aromatic N) is 2. The lowest BCUT2D eigenvalue weighted by molar-refractivity contribution is 0.775. The summed E-state index contributed by atoms with van der Waals surface area (Å²) in [4.78, 5) is 4.81. The van der Waals surface area contributed by atoms with Gasteiger partial charge in [-0.05, 0) is 50.1 Å². The minimum atomic E-state index is 0.517. The molecule has 4 heteroatoms. The lowest BCUT2D eigenvalue weighted by Crippen LogP contribution is -2.00. The summed E-state index contributed by atoms with van der Waals surface area (Å²) in [5.74, 6) is 0.955. The standard InChI is InChI=1S/C17H16ClN3/c1-10-2-6-14(19)13(8-10)17-20-15-7-3-11(18)9-16(15)21(17)12-4-5-12/h2-3,6-9,12H,4-5,19H2,1H3. The predicted octanol–water partition coefficient (Wildman–Crippen LogP) is 4.58. The normalized spacial score (nSPS) is 14.8. The van der Waals surface area contributed by atoms with Crippen molar-refractivity contribution < 1.29 is 0 Å². The molecule has 106 valence electrons. The highest BCUT2D eigenvalue weighted by Crippen LogP contribution is 2.42. The Morgan fingerprint density at radius 3 is 2.76 bits per heavy atom. The van der Waals surface area contributed by atoms with Gasteiger partial charge < -0.3 is 10.3 Å². The fraction of sp³-hybridized carbons (Fsp3) is 0.235. The van der Waals surface area contributed by atoms with Crippen LogP contribution in [0.25, 0.3) is 22.4 Å². The third kappa shape index (κ3) is 2.09. The number of halogens is 1. The van der Waals surface area contributed by atoms with Gasteiger partial charge in [0.25, 0.3) is 0 Å². The first-order valence-electron chi connectivity index (χ1n) is 7.17. The van der Waals surface area contributed by atoms with E-state index in [1.807, 2.05) is 30.3 Å². The molecule has 0 radical (unpaired) electrons. The first-order valence-corrected chi connectivity index (χ1v) is 7.55. The van der Waals surface area contributed by atoms with Crippen molar-refractivity contribution in [1.29, 1.82) is 0 Å². The molecule has 0 saturated heterocycles. The molecule has 4 rings (SSSR count). The summed E-state index contributed by atoms with van der Waals surface area (Å²) < 4.78 is 2.30. The van der Waals surface area contributed by atoms with Crippen molar-refractivity contribution in [2.45, 2.75) is 25.8 Å². The molecule has 0 atom stereocenters. The number of fused-ring (bicyclic) bond motifs is 1. The highest BCUT2D eigenvalue weighted by atomic mass is 35.5. The third-order valence-electron chi connectivity index (χ3n) is 4.01. The zero-order chi connectivity index (χ0) is 14.6. The third-order valence-corrected chi connectivity index (χ3v) is 4.25. The van der Waals surface area contributed by atoms with Gasteiger partial charge in [-0.15, -0.1) is 0 Å². The number of anilines is 1. The Hall–Kier alpha value is -2.00. The second-order valence-electron chi connectivity index (χ2n) is 5.76. The molecule has 1 aliphatic carbocycles. The maximum Gasteiger partial charge on any atom is 0.143 e. The number of aromatic nitrogens is 2. The van der Waals surface area contributed by atoms with E-state index in [2.05, 4.69) is 17.6 Å². The molecule has 0 spiro atoms. The fourth-order valence-corrected chi connectivity index (χ4v) is 2.99.